The van der Waals surface area contributed by atoms with Crippen molar-refractivity contribution >= 4 is 40.6 Å². The predicted molar refractivity (Wildman–Crippen MR) is 141 cm³/mol. The zero-order chi connectivity index (χ0) is 26.9. The molecular weight excluding hydrogens is 516 g/mol. The van der Waals surface area contributed by atoms with Gasteiger partial charge in [-0.3, -0.25) is 14.5 Å². The van der Waals surface area contributed by atoms with Gasteiger partial charge < -0.3 is 25.4 Å². The Morgan fingerprint density at radius 1 is 1.00 bits per heavy atom. The van der Waals surface area contributed by atoms with Crippen LogP contribution in [0.1, 0.15) is 5.56 Å². The van der Waals surface area contributed by atoms with Crippen LogP contribution in [0.2, 0.25) is 0 Å². The number of hydrogen-bond donors (Lipinski definition) is 3. The summed E-state index contributed by atoms with van der Waals surface area (Å²) in [6.45, 7) is 2.76. The van der Waals surface area contributed by atoms with Crippen molar-refractivity contribution in [3.8, 4) is 11.5 Å². The van der Waals surface area contributed by atoms with Crippen LogP contribution in [0.3, 0.4) is 0 Å². The maximum atomic E-state index is 14.7. The highest BCUT2D eigenvalue weighted by molar-refractivity contribution is 7.80. The zero-order valence-electron chi connectivity index (χ0n) is 20.2. The maximum Gasteiger partial charge on any atom is 0.239 e. The van der Waals surface area contributed by atoms with Gasteiger partial charge in [-0.1, -0.05) is 12.1 Å². The number of aromatic nitrogens is 1. The number of ether oxygens (including phenoxy) is 2. The van der Waals surface area contributed by atoms with E-state index >= 15 is 0 Å². The van der Waals surface area contributed by atoms with Gasteiger partial charge in [-0.2, -0.15) is 0 Å². The van der Waals surface area contributed by atoms with Crippen molar-refractivity contribution < 1.29 is 27.8 Å². The number of amides is 2. The van der Waals surface area contributed by atoms with Gasteiger partial charge in [0.05, 0.1) is 26.2 Å². The third kappa shape index (κ3) is 8.26. The summed E-state index contributed by atoms with van der Waals surface area (Å²) in [5.74, 6) is -1.19. The van der Waals surface area contributed by atoms with E-state index in [2.05, 4.69) is 20.9 Å². The smallest absolute Gasteiger partial charge is 0.239 e. The van der Waals surface area contributed by atoms with Crippen LogP contribution in [0.5, 0.6) is 11.5 Å². The molecule has 3 aromatic rings. The summed E-state index contributed by atoms with van der Waals surface area (Å²) in [6, 6.07) is 12.7. The molecule has 1 fully saturated rings. The van der Waals surface area contributed by atoms with Gasteiger partial charge in [-0.05, 0) is 48.1 Å². The molecule has 1 aromatic heterocycles. The Hall–Kier alpha value is -4.00. The lowest BCUT2D eigenvalue weighted by Gasteiger charge is -2.25. The van der Waals surface area contributed by atoms with Crippen LogP contribution in [0.4, 0.5) is 20.3 Å². The molecule has 1 aliphatic heterocycles. The fourth-order valence-electron chi connectivity index (χ4n) is 3.60. The highest BCUT2D eigenvalue weighted by atomic mass is 32.1. The molecule has 0 unspecified atom stereocenters. The lowest BCUT2D eigenvalue weighted by atomic mass is 10.1. The van der Waals surface area contributed by atoms with Crippen LogP contribution in [-0.2, 0) is 20.7 Å². The number of morpholine rings is 1. The first-order valence-electron chi connectivity index (χ1n) is 11.7. The quantitative estimate of drug-likeness (QED) is 0.373. The van der Waals surface area contributed by atoms with Gasteiger partial charge in [0.1, 0.15) is 17.4 Å². The Morgan fingerprint density at radius 3 is 2.50 bits per heavy atom. The van der Waals surface area contributed by atoms with Crippen molar-refractivity contribution in [2.24, 2.45) is 0 Å². The Balaban J connectivity index is 1.29. The summed E-state index contributed by atoms with van der Waals surface area (Å²) in [5.41, 5.74) is 0.919. The standard InChI is InChI=1S/C26H25F2N5O4S/c27-18-3-1-17(2-4-18)13-24(34)32-26(38)30-19-5-6-22(21(28)14-19)37-20-7-8-29-23(15-20)31-25(35)16-33-9-11-36-12-10-33/h1-8,14-15H,9-13,16H2,(H,29,31,35)(H2,30,32,34,38). The number of pyridine rings is 1. The maximum absolute atomic E-state index is 14.7. The summed E-state index contributed by atoms with van der Waals surface area (Å²) in [5, 5.41) is 7.93. The second-order valence-corrected chi connectivity index (χ2v) is 8.77. The predicted octanol–water partition coefficient (Wildman–Crippen LogP) is 3.48. The molecule has 0 saturated carbocycles. The molecule has 0 bridgehead atoms. The van der Waals surface area contributed by atoms with E-state index in [1.165, 1.54) is 60.8 Å². The Bertz CT molecular complexity index is 1300. The number of nitrogens with one attached hydrogen (secondary N) is 3. The minimum Gasteiger partial charge on any atom is -0.454 e. The van der Waals surface area contributed by atoms with E-state index in [1.807, 2.05) is 4.90 Å². The largest absolute Gasteiger partial charge is 0.454 e. The molecule has 12 heteroatoms. The second kappa shape index (κ2) is 13.0. The van der Waals surface area contributed by atoms with Crippen LogP contribution < -0.4 is 20.7 Å². The van der Waals surface area contributed by atoms with Gasteiger partial charge >= 0.3 is 0 Å². The Morgan fingerprint density at radius 2 is 1.76 bits per heavy atom. The number of nitrogens with zero attached hydrogens (tertiary/aromatic N) is 2. The van der Waals surface area contributed by atoms with E-state index < -0.39 is 17.5 Å². The average Bonchev–Trinajstić information content (AvgIpc) is 2.88. The first kappa shape index (κ1) is 27.0. The molecule has 2 heterocycles. The summed E-state index contributed by atoms with van der Waals surface area (Å²) < 4.78 is 38.6. The number of carbonyl (C=O) groups excluding carboxylic acids is 2. The van der Waals surface area contributed by atoms with Crippen molar-refractivity contribution in [3.05, 3.63) is 78.0 Å². The first-order valence-corrected chi connectivity index (χ1v) is 12.1. The van der Waals surface area contributed by atoms with Crippen molar-refractivity contribution in [2.45, 2.75) is 6.42 Å². The number of benzene rings is 2. The van der Waals surface area contributed by atoms with E-state index in [0.29, 0.717) is 37.6 Å². The summed E-state index contributed by atoms with van der Waals surface area (Å²) in [4.78, 5) is 30.6. The van der Waals surface area contributed by atoms with E-state index in [0.717, 1.165) is 0 Å². The highest BCUT2D eigenvalue weighted by Gasteiger charge is 2.15. The van der Waals surface area contributed by atoms with Gasteiger partial charge in [0, 0.05) is 37.1 Å². The van der Waals surface area contributed by atoms with Crippen LogP contribution in [0.15, 0.2) is 60.8 Å². The van der Waals surface area contributed by atoms with Crippen LogP contribution >= 0.6 is 12.2 Å². The third-order valence-corrected chi connectivity index (χ3v) is 5.62. The lowest BCUT2D eigenvalue weighted by Crippen LogP contribution is -2.41. The number of halogens is 2. The molecule has 9 nitrogen and oxygen atoms in total. The minimum absolute atomic E-state index is 0.00479. The molecule has 38 heavy (non-hydrogen) atoms. The lowest BCUT2D eigenvalue weighted by molar-refractivity contribution is -0.119. The zero-order valence-corrected chi connectivity index (χ0v) is 21.0. The number of rotatable bonds is 8. The molecule has 2 amide bonds. The van der Waals surface area contributed by atoms with Crippen molar-refractivity contribution in [1.29, 1.82) is 0 Å². The van der Waals surface area contributed by atoms with E-state index in [1.54, 1.807) is 0 Å². The molecule has 4 rings (SSSR count). The summed E-state index contributed by atoms with van der Waals surface area (Å²) >= 11 is 5.12. The average molecular weight is 542 g/mol. The molecule has 0 aliphatic carbocycles. The Kier molecular flexibility index (Phi) is 9.25. The van der Waals surface area contributed by atoms with Gasteiger partial charge in [-0.15, -0.1) is 0 Å². The molecule has 198 valence electrons. The molecule has 0 radical (unpaired) electrons. The first-order chi connectivity index (χ1) is 18.3. The van der Waals surface area contributed by atoms with E-state index in [-0.39, 0.29) is 41.3 Å². The van der Waals surface area contributed by atoms with E-state index in [9.17, 15) is 18.4 Å². The molecule has 0 spiro atoms. The molecule has 1 aliphatic rings. The topological polar surface area (TPSA) is 105 Å². The van der Waals surface area contributed by atoms with Crippen molar-refractivity contribution in [3.63, 3.8) is 0 Å². The molecule has 0 atom stereocenters. The number of carbonyl (C=O) groups is 2. The number of thiocarbonyl (C=S) groups is 1. The van der Waals surface area contributed by atoms with Crippen molar-refractivity contribution in [2.75, 3.05) is 43.5 Å². The van der Waals surface area contributed by atoms with Crippen LogP contribution in [0.25, 0.3) is 0 Å². The van der Waals surface area contributed by atoms with Gasteiger partial charge in [0.15, 0.2) is 16.7 Å². The molecule has 1 saturated heterocycles. The molecule has 2 aromatic carbocycles. The fourth-order valence-corrected chi connectivity index (χ4v) is 3.83. The van der Waals surface area contributed by atoms with Crippen molar-refractivity contribution in [1.82, 2.24) is 15.2 Å². The monoisotopic (exact) mass is 541 g/mol. The van der Waals surface area contributed by atoms with E-state index in [4.69, 9.17) is 21.7 Å². The van der Waals surface area contributed by atoms with Gasteiger partial charge in [0.25, 0.3) is 0 Å². The second-order valence-electron chi connectivity index (χ2n) is 8.37. The Labute approximate surface area is 223 Å². The fraction of sp³-hybridized carbons (Fsp3) is 0.231. The normalized spacial score (nSPS) is 13.4. The SMILES string of the molecule is O=C(Cc1ccc(F)cc1)NC(=S)Nc1ccc(Oc2ccnc(NC(=O)CN3CCOCC3)c2)c(F)c1. The third-order valence-electron chi connectivity index (χ3n) is 5.42. The van der Waals surface area contributed by atoms with Gasteiger partial charge in [0.2, 0.25) is 11.8 Å². The van der Waals surface area contributed by atoms with Crippen LogP contribution in [0, 0.1) is 11.6 Å². The van der Waals surface area contributed by atoms with Gasteiger partial charge in [-0.25, -0.2) is 13.8 Å². The number of anilines is 2. The number of hydrogen-bond acceptors (Lipinski definition) is 7. The molecule has 3 N–H and O–H groups in total. The summed E-state index contributed by atoms with van der Waals surface area (Å²) in [6.07, 6.45) is 1.45. The molecular formula is C26H25F2N5O4S. The minimum atomic E-state index is -0.676. The summed E-state index contributed by atoms with van der Waals surface area (Å²) in [7, 11) is 0. The van der Waals surface area contributed by atoms with Crippen LogP contribution in [-0.4, -0.2) is 59.7 Å². The highest BCUT2D eigenvalue weighted by Crippen LogP contribution is 2.27.